The number of rotatable bonds is 0. The minimum atomic E-state index is 0. The summed E-state index contributed by atoms with van der Waals surface area (Å²) in [7, 11) is 3.72. The Morgan fingerprint density at radius 2 is 1.50 bits per heavy atom. The molecule has 0 aromatic carbocycles. The summed E-state index contributed by atoms with van der Waals surface area (Å²) < 4.78 is 0. The molecule has 0 rings (SSSR count). The van der Waals surface area contributed by atoms with Gasteiger partial charge in [0.1, 0.15) is 6.59 Å². The molecule has 0 fully saturated rings. The van der Waals surface area contributed by atoms with Crippen molar-refractivity contribution < 1.29 is 34.1 Å². The van der Waals surface area contributed by atoms with E-state index >= 15 is 0 Å². The molecule has 0 amide bonds. The second-order valence-electron chi connectivity index (χ2n) is 0.333. The first-order chi connectivity index (χ1) is 1.41. The standard InChI is InChI=1S/BH5PSi.Fe.GeH4.Mn/c2-1-3;;;/h2H2,3H3;;1H4;. The molecule has 0 nitrogen and oxygen atoms in total. The summed E-state index contributed by atoms with van der Waals surface area (Å²) in [6, 6.07) is 0. The van der Waals surface area contributed by atoms with Gasteiger partial charge in [-0.2, -0.15) is 9.12 Å². The average Bonchev–Trinajstić information content (AvgIpc) is 0.918. The Hall–Kier alpha value is 2.29. The molecular weight excluding hydrogens is 253 g/mol. The van der Waals surface area contributed by atoms with Crippen molar-refractivity contribution in [1.29, 1.82) is 0 Å². The molecule has 6 heteroatoms. The second-order valence-corrected chi connectivity index (χ2v) is 3.00. The quantitative estimate of drug-likeness (QED) is 0.329. The van der Waals surface area contributed by atoms with Crippen LogP contribution in [0.2, 0.25) is 0 Å². The maximum absolute atomic E-state index is 2.52. The molecule has 0 bridgehead atoms. The zero-order chi connectivity index (χ0) is 2.71. The van der Waals surface area contributed by atoms with Crippen molar-refractivity contribution in [2.75, 3.05) is 0 Å². The van der Waals surface area contributed by atoms with E-state index in [9.17, 15) is 0 Å². The van der Waals surface area contributed by atoms with Crippen LogP contribution in [0, 0.1) is 0 Å². The molecule has 0 aromatic rings. The van der Waals surface area contributed by atoms with Crippen LogP contribution < -0.4 is 0 Å². The van der Waals surface area contributed by atoms with Crippen molar-refractivity contribution in [3.8, 4) is 0 Å². The van der Waals surface area contributed by atoms with Crippen molar-refractivity contribution in [2.45, 2.75) is 0 Å². The van der Waals surface area contributed by atoms with Crippen LogP contribution in [0.15, 0.2) is 0 Å². The van der Waals surface area contributed by atoms with E-state index in [1.54, 1.807) is 0 Å². The van der Waals surface area contributed by atoms with E-state index in [1.165, 1.54) is 10.1 Å². The largest absolute Gasteiger partial charge is 0.182 e. The molecule has 0 aliphatic rings. The minimum absolute atomic E-state index is 0. The smallest absolute Gasteiger partial charge is 0.119 e. The van der Waals surface area contributed by atoms with Crippen LogP contribution >= 0.6 is 9.12 Å². The Morgan fingerprint density at radius 1 is 1.50 bits per heavy atom. The Bertz CT molecular complexity index is 15.5. The fraction of sp³-hybridized carbons (Fsp3) is 0. The molecule has 6 heavy (non-hydrogen) atoms. The van der Waals surface area contributed by atoms with Gasteiger partial charge in [-0.1, -0.05) is 0 Å². The Labute approximate surface area is 77.0 Å². The molecule has 0 aromatic heterocycles. The third-order valence-electron chi connectivity index (χ3n) is 0. The van der Waals surface area contributed by atoms with E-state index in [4.69, 9.17) is 0 Å². The zero-order valence-corrected chi connectivity index (χ0v) is 8.33. The first-order valence-electron chi connectivity index (χ1n) is 0.911. The van der Waals surface area contributed by atoms with Crippen LogP contribution in [0.1, 0.15) is 0 Å². The molecule has 2 radical (unpaired) electrons. The van der Waals surface area contributed by atoms with Crippen molar-refractivity contribution in [3.63, 3.8) is 0 Å². The SMILES string of the molecule is [Fe].[GeH4].[Mn].[SiH3][B]P. The fourth-order valence-corrected chi connectivity index (χ4v) is 0. The first kappa shape index (κ1) is 23.9. The normalized spacial score (nSPS) is 2.83. The third kappa shape index (κ3) is 33.5. The third-order valence-corrected chi connectivity index (χ3v) is 0. The van der Waals surface area contributed by atoms with E-state index in [0.29, 0.717) is 0 Å². The number of hydrogen-bond acceptors (Lipinski definition) is 0. The zero-order valence-electron chi connectivity index (χ0n) is 2.89. The van der Waals surface area contributed by atoms with Crippen molar-refractivity contribution in [3.05, 3.63) is 0 Å². The maximum atomic E-state index is 2.52. The van der Waals surface area contributed by atoms with Crippen LogP contribution in [-0.2, 0) is 34.1 Å². The van der Waals surface area contributed by atoms with Gasteiger partial charge < -0.3 is 0 Å². The summed E-state index contributed by atoms with van der Waals surface area (Å²) in [5, 5.41) is 0. The van der Waals surface area contributed by atoms with Gasteiger partial charge in [-0.3, -0.25) is 0 Å². The average molecular weight is 262 g/mol. The van der Waals surface area contributed by atoms with Crippen LogP contribution in [0.5, 0.6) is 0 Å². The molecule has 0 spiro atoms. The monoisotopic (exact) mass is 264 g/mol. The summed E-state index contributed by atoms with van der Waals surface area (Å²) in [6.45, 7) is 2.06. The summed E-state index contributed by atoms with van der Waals surface area (Å²) in [4.78, 5) is 0. The van der Waals surface area contributed by atoms with Gasteiger partial charge in [0.05, 0.1) is 0 Å². The Kier molecular flexibility index (Phi) is 106. The van der Waals surface area contributed by atoms with Gasteiger partial charge in [0.25, 0.3) is 0 Å². The predicted octanol–water partition coefficient (Wildman–Crippen LogP) is -2.70. The van der Waals surface area contributed by atoms with Gasteiger partial charge >= 0.3 is 17.6 Å². The first-order valence-corrected chi connectivity index (χ1v) is 2.73. The van der Waals surface area contributed by atoms with Crippen molar-refractivity contribution >= 4 is 43.4 Å². The molecule has 40 valence electrons. The van der Waals surface area contributed by atoms with Crippen LogP contribution in [-0.4, -0.2) is 34.3 Å². The minimum Gasteiger partial charge on any atom is -0.182 e. The van der Waals surface area contributed by atoms with Gasteiger partial charge in [-0.25, -0.2) is 0 Å². The van der Waals surface area contributed by atoms with E-state index in [2.05, 4.69) is 15.7 Å². The summed E-state index contributed by atoms with van der Waals surface area (Å²) in [6.07, 6.45) is 0. The predicted molar refractivity (Wildman–Crippen MR) is 36.7 cm³/mol. The van der Waals surface area contributed by atoms with Crippen LogP contribution in [0.25, 0.3) is 0 Å². The molecule has 1 unspecified atom stereocenters. The Balaban J connectivity index is -0.00000000667. The van der Waals surface area contributed by atoms with Crippen molar-refractivity contribution in [2.24, 2.45) is 0 Å². The molecule has 0 saturated carbocycles. The molecule has 1 atom stereocenters. The molecule has 0 heterocycles. The number of hydrogen-bond donors (Lipinski definition) is 0. The fourth-order valence-electron chi connectivity index (χ4n) is 0. The van der Waals surface area contributed by atoms with Crippen LogP contribution in [0.4, 0.5) is 0 Å². The van der Waals surface area contributed by atoms with Gasteiger partial charge in [-0.15, -0.1) is 0 Å². The molecule has 0 aliphatic carbocycles. The van der Waals surface area contributed by atoms with Gasteiger partial charge in [0, 0.05) is 34.1 Å². The second kappa shape index (κ2) is 26.6. The molecule has 0 saturated heterocycles. The van der Waals surface area contributed by atoms with E-state index in [0.717, 1.165) is 0 Å². The molecule has 0 N–H and O–H groups in total. The van der Waals surface area contributed by atoms with Crippen molar-refractivity contribution in [1.82, 2.24) is 0 Å². The Morgan fingerprint density at radius 3 is 1.50 bits per heavy atom. The molecular formula is H9BFeGeMnPSi. The van der Waals surface area contributed by atoms with Gasteiger partial charge in [-0.05, 0) is 10.1 Å². The summed E-state index contributed by atoms with van der Waals surface area (Å²) >= 11 is 0. The van der Waals surface area contributed by atoms with E-state index in [-0.39, 0.29) is 51.7 Å². The molecule has 0 aliphatic heterocycles. The summed E-state index contributed by atoms with van der Waals surface area (Å²) in [5.41, 5.74) is 0. The van der Waals surface area contributed by atoms with Gasteiger partial charge in [0.15, 0.2) is 0 Å². The van der Waals surface area contributed by atoms with Crippen LogP contribution in [0.3, 0.4) is 0 Å². The topological polar surface area (TPSA) is 0 Å². The van der Waals surface area contributed by atoms with Gasteiger partial charge in [0.2, 0.25) is 0 Å². The summed E-state index contributed by atoms with van der Waals surface area (Å²) in [5.74, 6) is 0. The van der Waals surface area contributed by atoms with E-state index < -0.39 is 0 Å². The maximum Gasteiger partial charge on any atom is 0.119 e. The van der Waals surface area contributed by atoms with E-state index in [1.807, 2.05) is 0 Å².